The smallest absolute Gasteiger partial charge is 0.337 e. The minimum Gasteiger partial charge on any atom is -0.478 e. The van der Waals surface area contributed by atoms with Crippen molar-refractivity contribution in [1.29, 1.82) is 0 Å². The summed E-state index contributed by atoms with van der Waals surface area (Å²) in [6.45, 7) is 8.46. The van der Waals surface area contributed by atoms with Crippen LogP contribution in [0, 0.1) is 5.41 Å². The van der Waals surface area contributed by atoms with Crippen LogP contribution in [0.1, 0.15) is 38.1 Å². The predicted octanol–water partition coefficient (Wildman–Crippen LogP) is 3.30. The Hall–Kier alpha value is -1.29. The molecule has 1 N–H and O–H groups in total. The van der Waals surface area contributed by atoms with Crippen molar-refractivity contribution in [3.05, 3.63) is 22.8 Å². The van der Waals surface area contributed by atoms with Gasteiger partial charge in [0.25, 0.3) is 0 Å². The summed E-state index contributed by atoms with van der Waals surface area (Å²) in [6, 6.07) is 1.72. The lowest BCUT2D eigenvalue weighted by molar-refractivity contribution is 0.0697. The zero-order valence-corrected chi connectivity index (χ0v) is 12.1. The third kappa shape index (κ3) is 3.13. The van der Waals surface area contributed by atoms with Crippen molar-refractivity contribution in [3.8, 4) is 0 Å². The Morgan fingerprint density at radius 2 is 2.06 bits per heavy atom. The van der Waals surface area contributed by atoms with Crippen molar-refractivity contribution in [1.82, 2.24) is 4.98 Å². The lowest BCUT2D eigenvalue weighted by atomic mass is 9.87. The first-order chi connectivity index (χ1) is 8.14. The fraction of sp³-hybridized carbons (Fsp3) is 0.538. The summed E-state index contributed by atoms with van der Waals surface area (Å²) in [5.74, 6) is -0.431. The second-order valence-corrected chi connectivity index (χ2v) is 5.89. The standard InChI is InChI=1S/C13H19ClN2O2/c1-8(13(2,3)4)16(5)11-6-9(12(17)18)10(14)7-15-11/h6-8H,1-5H3,(H,17,18). The number of aromatic carboxylic acids is 1. The number of carboxylic acids is 1. The molecule has 0 amide bonds. The first-order valence-corrected chi connectivity index (χ1v) is 6.14. The van der Waals surface area contributed by atoms with Crippen LogP contribution in [0.3, 0.4) is 0 Å². The maximum atomic E-state index is 11.0. The highest BCUT2D eigenvalue weighted by atomic mass is 35.5. The second kappa shape index (κ2) is 5.14. The molecule has 1 aromatic rings. The van der Waals surface area contributed by atoms with Crippen LogP contribution in [-0.2, 0) is 0 Å². The molecular weight excluding hydrogens is 252 g/mol. The van der Waals surface area contributed by atoms with E-state index in [1.165, 1.54) is 12.3 Å². The SMILES string of the molecule is CC(N(C)c1cc(C(=O)O)c(Cl)cn1)C(C)(C)C. The van der Waals surface area contributed by atoms with Gasteiger partial charge in [0.2, 0.25) is 0 Å². The van der Waals surface area contributed by atoms with Gasteiger partial charge in [0.1, 0.15) is 5.82 Å². The maximum absolute atomic E-state index is 11.0. The molecule has 0 aromatic carbocycles. The van der Waals surface area contributed by atoms with Crippen LogP contribution >= 0.6 is 11.6 Å². The third-order valence-corrected chi connectivity index (χ3v) is 3.57. The van der Waals surface area contributed by atoms with Crippen molar-refractivity contribution < 1.29 is 9.90 Å². The Kier molecular flexibility index (Phi) is 4.22. The molecule has 0 aliphatic heterocycles. The average Bonchev–Trinajstić information content (AvgIpc) is 2.26. The van der Waals surface area contributed by atoms with E-state index in [9.17, 15) is 4.79 Å². The molecule has 4 nitrogen and oxygen atoms in total. The summed E-state index contributed by atoms with van der Waals surface area (Å²) >= 11 is 5.80. The van der Waals surface area contributed by atoms with Crippen LogP contribution in [0.2, 0.25) is 5.02 Å². The number of hydrogen-bond donors (Lipinski definition) is 1. The number of aromatic nitrogens is 1. The fourth-order valence-corrected chi connectivity index (χ4v) is 1.75. The summed E-state index contributed by atoms with van der Waals surface area (Å²) in [5, 5.41) is 9.20. The van der Waals surface area contributed by atoms with E-state index in [4.69, 9.17) is 16.7 Å². The van der Waals surface area contributed by atoms with E-state index < -0.39 is 5.97 Å². The van der Waals surface area contributed by atoms with Crippen molar-refractivity contribution in [3.63, 3.8) is 0 Å². The van der Waals surface area contributed by atoms with Gasteiger partial charge in [-0.2, -0.15) is 0 Å². The van der Waals surface area contributed by atoms with Gasteiger partial charge >= 0.3 is 5.97 Å². The van der Waals surface area contributed by atoms with E-state index in [0.717, 1.165) is 0 Å². The zero-order chi connectivity index (χ0) is 14.1. The monoisotopic (exact) mass is 270 g/mol. The molecule has 0 aliphatic rings. The van der Waals surface area contributed by atoms with E-state index in [1.54, 1.807) is 0 Å². The highest BCUT2D eigenvalue weighted by molar-refractivity contribution is 6.33. The normalized spacial score (nSPS) is 13.2. The minimum atomic E-state index is -1.04. The van der Waals surface area contributed by atoms with E-state index in [2.05, 4.69) is 32.7 Å². The maximum Gasteiger partial charge on any atom is 0.337 e. The molecule has 0 bridgehead atoms. The summed E-state index contributed by atoms with van der Waals surface area (Å²) in [6.07, 6.45) is 1.38. The second-order valence-electron chi connectivity index (χ2n) is 5.48. The molecule has 0 aliphatic carbocycles. The number of halogens is 1. The molecule has 100 valence electrons. The predicted molar refractivity (Wildman–Crippen MR) is 73.5 cm³/mol. The summed E-state index contributed by atoms with van der Waals surface area (Å²) < 4.78 is 0. The Labute approximate surface area is 113 Å². The number of carboxylic acid groups (broad SMARTS) is 1. The Morgan fingerprint density at radius 1 is 1.50 bits per heavy atom. The molecule has 0 fully saturated rings. The molecule has 0 saturated carbocycles. The summed E-state index contributed by atoms with van der Waals surface area (Å²) in [7, 11) is 1.90. The zero-order valence-electron chi connectivity index (χ0n) is 11.4. The summed E-state index contributed by atoms with van der Waals surface area (Å²) in [4.78, 5) is 17.2. The third-order valence-electron chi connectivity index (χ3n) is 3.27. The molecule has 1 rings (SSSR count). The Balaban J connectivity index is 3.11. The van der Waals surface area contributed by atoms with Crippen LogP contribution in [0.15, 0.2) is 12.3 Å². The average molecular weight is 271 g/mol. The molecule has 5 heteroatoms. The van der Waals surface area contributed by atoms with E-state index >= 15 is 0 Å². The highest BCUT2D eigenvalue weighted by Gasteiger charge is 2.25. The fourth-order valence-electron chi connectivity index (χ4n) is 1.56. The van der Waals surface area contributed by atoms with Crippen molar-refractivity contribution >= 4 is 23.4 Å². The number of pyridine rings is 1. The minimum absolute atomic E-state index is 0.0689. The molecule has 0 radical (unpaired) electrons. The van der Waals surface area contributed by atoms with Crippen LogP contribution in [0.5, 0.6) is 0 Å². The van der Waals surface area contributed by atoms with Crippen LogP contribution in [-0.4, -0.2) is 29.1 Å². The van der Waals surface area contributed by atoms with Crippen molar-refractivity contribution in [2.75, 3.05) is 11.9 Å². The molecule has 1 atom stereocenters. The van der Waals surface area contributed by atoms with Gasteiger partial charge < -0.3 is 10.0 Å². The molecule has 0 saturated heterocycles. The van der Waals surface area contributed by atoms with Crippen LogP contribution < -0.4 is 4.90 Å². The number of rotatable bonds is 3. The van der Waals surface area contributed by atoms with Gasteiger partial charge in [0, 0.05) is 19.3 Å². The molecule has 1 aromatic heterocycles. The first kappa shape index (κ1) is 14.8. The number of anilines is 1. The molecule has 0 spiro atoms. The van der Waals surface area contributed by atoms with Gasteiger partial charge in [-0.15, -0.1) is 0 Å². The van der Waals surface area contributed by atoms with E-state index in [1.807, 2.05) is 11.9 Å². The quantitative estimate of drug-likeness (QED) is 0.916. The largest absolute Gasteiger partial charge is 0.478 e. The van der Waals surface area contributed by atoms with Gasteiger partial charge in [0.05, 0.1) is 10.6 Å². The lowest BCUT2D eigenvalue weighted by Gasteiger charge is -2.36. The number of hydrogen-bond acceptors (Lipinski definition) is 3. The van der Waals surface area contributed by atoms with Crippen molar-refractivity contribution in [2.24, 2.45) is 5.41 Å². The summed E-state index contributed by atoms with van der Waals surface area (Å²) in [5.41, 5.74) is 0.147. The molecule has 18 heavy (non-hydrogen) atoms. The number of nitrogens with zero attached hydrogens (tertiary/aromatic N) is 2. The van der Waals surface area contributed by atoms with Gasteiger partial charge in [-0.25, -0.2) is 9.78 Å². The van der Waals surface area contributed by atoms with Gasteiger partial charge in [-0.3, -0.25) is 0 Å². The first-order valence-electron chi connectivity index (χ1n) is 5.76. The lowest BCUT2D eigenvalue weighted by Crippen LogP contribution is -2.39. The van der Waals surface area contributed by atoms with E-state index in [0.29, 0.717) is 5.82 Å². The Bertz CT molecular complexity index is 455. The molecular formula is C13H19ClN2O2. The number of carbonyl (C=O) groups is 1. The van der Waals surface area contributed by atoms with Gasteiger partial charge in [0.15, 0.2) is 0 Å². The Morgan fingerprint density at radius 3 is 2.50 bits per heavy atom. The topological polar surface area (TPSA) is 53.4 Å². The van der Waals surface area contributed by atoms with Gasteiger partial charge in [-0.05, 0) is 18.4 Å². The molecule has 1 unspecified atom stereocenters. The van der Waals surface area contributed by atoms with Crippen LogP contribution in [0.25, 0.3) is 0 Å². The molecule has 1 heterocycles. The van der Waals surface area contributed by atoms with E-state index in [-0.39, 0.29) is 22.0 Å². The van der Waals surface area contributed by atoms with Crippen LogP contribution in [0.4, 0.5) is 5.82 Å². The highest BCUT2D eigenvalue weighted by Crippen LogP contribution is 2.28. The van der Waals surface area contributed by atoms with Gasteiger partial charge in [-0.1, -0.05) is 32.4 Å². The van der Waals surface area contributed by atoms with Crippen molar-refractivity contribution in [2.45, 2.75) is 33.7 Å².